The average Bonchev–Trinajstić information content (AvgIpc) is 2.32. The van der Waals surface area contributed by atoms with Gasteiger partial charge < -0.3 is 5.73 Å². The van der Waals surface area contributed by atoms with Crippen LogP contribution in [0.25, 0.3) is 0 Å². The number of aryl methyl sites for hydroxylation is 2. The van der Waals surface area contributed by atoms with Crippen molar-refractivity contribution in [1.82, 2.24) is 4.90 Å². The fourth-order valence-electron chi connectivity index (χ4n) is 3.27. The first kappa shape index (κ1) is 14.9. The zero-order valence-electron chi connectivity index (χ0n) is 12.5. The number of hydrogen-bond donors (Lipinski definition) is 1. The highest BCUT2D eigenvalue weighted by atomic mass is 32.2. The Balaban J connectivity index is 2.29. The molecule has 0 aromatic heterocycles. The summed E-state index contributed by atoms with van der Waals surface area (Å²) in [4.78, 5) is 2.58. The van der Waals surface area contributed by atoms with Crippen LogP contribution < -0.4 is 5.73 Å². The van der Waals surface area contributed by atoms with Gasteiger partial charge in [0, 0.05) is 36.2 Å². The average molecular weight is 278 g/mol. The molecule has 106 valence electrons. The largest absolute Gasteiger partial charge is 0.329 e. The highest BCUT2D eigenvalue weighted by Crippen LogP contribution is 2.33. The standard InChI is InChI=1S/C16H26N2S/c1-11-6-5-7-12(2)16(11)15(8-17)18-9-13(3)19-14(4)10-18/h5-7,13-15H,8-10,17H2,1-4H3. The van der Waals surface area contributed by atoms with Crippen molar-refractivity contribution < 1.29 is 0 Å². The van der Waals surface area contributed by atoms with Gasteiger partial charge in [0.05, 0.1) is 0 Å². The van der Waals surface area contributed by atoms with Crippen molar-refractivity contribution in [2.24, 2.45) is 5.73 Å². The second-order valence-corrected chi connectivity index (χ2v) is 7.65. The van der Waals surface area contributed by atoms with Gasteiger partial charge in [-0.25, -0.2) is 0 Å². The molecule has 2 N–H and O–H groups in total. The molecule has 1 aliphatic heterocycles. The summed E-state index contributed by atoms with van der Waals surface area (Å²) in [5.74, 6) is 0. The Bertz CT molecular complexity index is 403. The van der Waals surface area contributed by atoms with E-state index in [1.54, 1.807) is 0 Å². The fourth-order valence-corrected chi connectivity index (χ4v) is 4.62. The van der Waals surface area contributed by atoms with Crippen molar-refractivity contribution in [3.8, 4) is 0 Å². The van der Waals surface area contributed by atoms with Gasteiger partial charge in [-0.2, -0.15) is 11.8 Å². The molecule has 3 heteroatoms. The van der Waals surface area contributed by atoms with Crippen molar-refractivity contribution in [1.29, 1.82) is 0 Å². The molecule has 1 aromatic carbocycles. The molecule has 1 heterocycles. The van der Waals surface area contributed by atoms with Crippen LogP contribution in [0.2, 0.25) is 0 Å². The van der Waals surface area contributed by atoms with Crippen LogP contribution in [0.5, 0.6) is 0 Å². The summed E-state index contributed by atoms with van der Waals surface area (Å²) in [7, 11) is 0. The van der Waals surface area contributed by atoms with Crippen LogP contribution in [0, 0.1) is 13.8 Å². The Morgan fingerprint density at radius 2 is 1.74 bits per heavy atom. The van der Waals surface area contributed by atoms with E-state index >= 15 is 0 Å². The summed E-state index contributed by atoms with van der Waals surface area (Å²) in [6.07, 6.45) is 0. The van der Waals surface area contributed by atoms with Crippen LogP contribution in [0.3, 0.4) is 0 Å². The highest BCUT2D eigenvalue weighted by Gasteiger charge is 2.29. The first-order valence-corrected chi connectivity index (χ1v) is 8.13. The lowest BCUT2D eigenvalue weighted by atomic mass is 9.94. The number of nitrogens with zero attached hydrogens (tertiary/aromatic N) is 1. The molecular weight excluding hydrogens is 252 g/mol. The fraction of sp³-hybridized carbons (Fsp3) is 0.625. The second-order valence-electron chi connectivity index (χ2n) is 5.77. The summed E-state index contributed by atoms with van der Waals surface area (Å²) in [5, 5.41) is 1.39. The highest BCUT2D eigenvalue weighted by molar-refractivity contribution is 8.00. The first-order chi connectivity index (χ1) is 9.02. The zero-order chi connectivity index (χ0) is 14.0. The molecule has 2 nitrogen and oxygen atoms in total. The van der Waals surface area contributed by atoms with E-state index in [2.05, 4.69) is 62.6 Å². The topological polar surface area (TPSA) is 29.3 Å². The third-order valence-electron chi connectivity index (χ3n) is 3.99. The Morgan fingerprint density at radius 3 is 2.21 bits per heavy atom. The maximum absolute atomic E-state index is 6.12. The van der Waals surface area contributed by atoms with E-state index in [-0.39, 0.29) is 0 Å². The van der Waals surface area contributed by atoms with Crippen LogP contribution in [-0.2, 0) is 0 Å². The number of rotatable bonds is 3. The quantitative estimate of drug-likeness (QED) is 0.921. The van der Waals surface area contributed by atoms with Crippen LogP contribution in [0.15, 0.2) is 18.2 Å². The van der Waals surface area contributed by atoms with Crippen molar-refractivity contribution in [2.45, 2.75) is 44.2 Å². The molecule has 0 aliphatic carbocycles. The number of nitrogens with two attached hydrogens (primary N) is 1. The maximum atomic E-state index is 6.12. The molecule has 0 amide bonds. The van der Waals surface area contributed by atoms with E-state index in [4.69, 9.17) is 5.73 Å². The second kappa shape index (κ2) is 6.29. The summed E-state index contributed by atoms with van der Waals surface area (Å²) in [6.45, 7) is 12.1. The lowest BCUT2D eigenvalue weighted by Crippen LogP contribution is -2.45. The molecule has 3 atom stereocenters. The van der Waals surface area contributed by atoms with E-state index < -0.39 is 0 Å². The minimum atomic E-state index is 0.368. The van der Waals surface area contributed by atoms with Gasteiger partial charge in [-0.3, -0.25) is 4.90 Å². The predicted molar refractivity (Wildman–Crippen MR) is 85.8 cm³/mol. The molecule has 0 saturated carbocycles. The monoisotopic (exact) mass is 278 g/mol. The number of thioether (sulfide) groups is 1. The molecule has 1 aliphatic rings. The summed E-state index contributed by atoms with van der Waals surface area (Å²) in [5.41, 5.74) is 10.3. The predicted octanol–water partition coefficient (Wildman–Crippen LogP) is 3.13. The molecular formula is C16H26N2S. The molecule has 1 fully saturated rings. The SMILES string of the molecule is Cc1cccc(C)c1C(CN)N1CC(C)SC(C)C1. The maximum Gasteiger partial charge on any atom is 0.0476 e. The van der Waals surface area contributed by atoms with Crippen molar-refractivity contribution in [3.05, 3.63) is 34.9 Å². The summed E-state index contributed by atoms with van der Waals surface area (Å²) < 4.78 is 0. The molecule has 1 saturated heterocycles. The first-order valence-electron chi connectivity index (χ1n) is 7.18. The Labute approximate surface area is 121 Å². The van der Waals surface area contributed by atoms with Crippen LogP contribution in [0.4, 0.5) is 0 Å². The minimum Gasteiger partial charge on any atom is -0.329 e. The lowest BCUT2D eigenvalue weighted by molar-refractivity contribution is 0.198. The van der Waals surface area contributed by atoms with Crippen molar-refractivity contribution in [2.75, 3.05) is 19.6 Å². The normalized spacial score (nSPS) is 26.4. The van der Waals surface area contributed by atoms with Gasteiger partial charge in [-0.15, -0.1) is 0 Å². The van der Waals surface area contributed by atoms with Gasteiger partial charge in [0.2, 0.25) is 0 Å². The van der Waals surface area contributed by atoms with Gasteiger partial charge in [-0.05, 0) is 30.5 Å². The minimum absolute atomic E-state index is 0.368. The molecule has 19 heavy (non-hydrogen) atoms. The van der Waals surface area contributed by atoms with Crippen molar-refractivity contribution >= 4 is 11.8 Å². The van der Waals surface area contributed by atoms with Crippen LogP contribution >= 0.6 is 11.8 Å². The Kier molecular flexibility index (Phi) is 4.93. The number of hydrogen-bond acceptors (Lipinski definition) is 3. The third kappa shape index (κ3) is 3.33. The molecule has 2 rings (SSSR count). The van der Waals surface area contributed by atoms with Gasteiger partial charge in [-0.1, -0.05) is 32.0 Å². The smallest absolute Gasteiger partial charge is 0.0476 e. The van der Waals surface area contributed by atoms with E-state index in [1.807, 2.05) is 0 Å². The zero-order valence-corrected chi connectivity index (χ0v) is 13.3. The van der Waals surface area contributed by atoms with Gasteiger partial charge in [0.25, 0.3) is 0 Å². The molecule has 0 bridgehead atoms. The Morgan fingerprint density at radius 1 is 1.21 bits per heavy atom. The third-order valence-corrected chi connectivity index (χ3v) is 5.21. The van der Waals surface area contributed by atoms with Crippen molar-refractivity contribution in [3.63, 3.8) is 0 Å². The van der Waals surface area contributed by atoms with E-state index in [1.165, 1.54) is 16.7 Å². The van der Waals surface area contributed by atoms with E-state index in [9.17, 15) is 0 Å². The van der Waals surface area contributed by atoms with E-state index in [0.717, 1.165) is 13.1 Å². The van der Waals surface area contributed by atoms with Gasteiger partial charge in [0.1, 0.15) is 0 Å². The Hall–Kier alpha value is -0.510. The number of benzene rings is 1. The molecule has 1 aromatic rings. The molecule has 0 radical (unpaired) electrons. The summed E-state index contributed by atoms with van der Waals surface area (Å²) >= 11 is 2.09. The molecule has 3 unspecified atom stereocenters. The summed E-state index contributed by atoms with van der Waals surface area (Å²) in [6, 6.07) is 6.92. The van der Waals surface area contributed by atoms with Crippen LogP contribution in [0.1, 0.15) is 36.6 Å². The van der Waals surface area contributed by atoms with Crippen LogP contribution in [-0.4, -0.2) is 35.0 Å². The molecule has 0 spiro atoms. The van der Waals surface area contributed by atoms with E-state index in [0.29, 0.717) is 23.1 Å². The van der Waals surface area contributed by atoms with Gasteiger partial charge >= 0.3 is 0 Å². The lowest BCUT2D eigenvalue weighted by Gasteiger charge is -2.40. The van der Waals surface area contributed by atoms with Gasteiger partial charge in [0.15, 0.2) is 0 Å².